The lowest BCUT2D eigenvalue weighted by molar-refractivity contribution is 0.719. The fraction of sp³-hybridized carbons (Fsp3) is 0.533. The molecule has 1 heterocycles. The summed E-state index contributed by atoms with van der Waals surface area (Å²) in [4.78, 5) is 13.4. The smallest absolute Gasteiger partial charge is 0.0815 e. The molecule has 0 aliphatic carbocycles. The van der Waals surface area contributed by atoms with Crippen LogP contribution in [0.25, 0.3) is 0 Å². The first-order valence-electron chi connectivity index (χ1n) is 6.69. The number of aromatic nitrogens is 1. The third kappa shape index (κ3) is 5.21. The largest absolute Gasteiger partial charge is 0.288 e. The molecule has 1 rings (SSSR count). The molecule has 0 aliphatic rings. The van der Waals surface area contributed by atoms with Gasteiger partial charge in [-0.3, -0.25) is 9.98 Å². The Bertz CT molecular complexity index is 375. The topological polar surface area (TPSA) is 37.6 Å². The van der Waals surface area contributed by atoms with Crippen molar-refractivity contribution in [2.45, 2.75) is 52.6 Å². The average molecular weight is 245 g/mol. The molecule has 98 valence electrons. The SMILES string of the molecule is CCC(C)N=Cc1cccc(C=NC(C)CC)n1. The normalized spacial score (nSPS) is 15.3. The van der Waals surface area contributed by atoms with Crippen molar-refractivity contribution in [1.82, 2.24) is 4.98 Å². The van der Waals surface area contributed by atoms with Crippen LogP contribution in [-0.4, -0.2) is 29.5 Å². The molecule has 0 fully saturated rings. The molecule has 2 unspecified atom stereocenters. The third-order valence-corrected chi connectivity index (χ3v) is 2.90. The number of nitrogens with zero attached hydrogens (tertiary/aromatic N) is 3. The van der Waals surface area contributed by atoms with Gasteiger partial charge in [-0.2, -0.15) is 0 Å². The van der Waals surface area contributed by atoms with Gasteiger partial charge < -0.3 is 0 Å². The summed E-state index contributed by atoms with van der Waals surface area (Å²) in [5, 5.41) is 0. The van der Waals surface area contributed by atoms with Crippen molar-refractivity contribution in [3.63, 3.8) is 0 Å². The zero-order valence-electron chi connectivity index (χ0n) is 11.8. The van der Waals surface area contributed by atoms with E-state index in [9.17, 15) is 0 Å². The van der Waals surface area contributed by atoms with Gasteiger partial charge in [-0.1, -0.05) is 19.9 Å². The second-order valence-corrected chi connectivity index (χ2v) is 4.56. The van der Waals surface area contributed by atoms with Crippen LogP contribution >= 0.6 is 0 Å². The monoisotopic (exact) mass is 245 g/mol. The Kier molecular flexibility index (Phi) is 6.26. The van der Waals surface area contributed by atoms with E-state index in [2.05, 4.69) is 42.7 Å². The van der Waals surface area contributed by atoms with Crippen molar-refractivity contribution in [3.05, 3.63) is 29.6 Å². The minimum Gasteiger partial charge on any atom is -0.288 e. The third-order valence-electron chi connectivity index (χ3n) is 2.90. The van der Waals surface area contributed by atoms with Crippen LogP contribution in [-0.2, 0) is 0 Å². The van der Waals surface area contributed by atoms with Crippen LogP contribution in [0.1, 0.15) is 51.9 Å². The Morgan fingerprint density at radius 2 is 1.44 bits per heavy atom. The van der Waals surface area contributed by atoms with E-state index >= 15 is 0 Å². The lowest BCUT2D eigenvalue weighted by Gasteiger charge is -2.01. The predicted molar refractivity (Wildman–Crippen MR) is 78.9 cm³/mol. The highest BCUT2D eigenvalue weighted by Gasteiger charge is 1.96. The maximum absolute atomic E-state index is 4.49. The van der Waals surface area contributed by atoms with Crippen LogP contribution < -0.4 is 0 Å². The van der Waals surface area contributed by atoms with E-state index in [-0.39, 0.29) is 0 Å². The minimum absolute atomic E-state index is 0.351. The predicted octanol–water partition coefficient (Wildman–Crippen LogP) is 3.52. The molecule has 3 heteroatoms. The first kappa shape index (κ1) is 14.6. The van der Waals surface area contributed by atoms with E-state index in [0.717, 1.165) is 24.2 Å². The zero-order chi connectivity index (χ0) is 13.4. The van der Waals surface area contributed by atoms with Crippen LogP contribution in [0, 0.1) is 0 Å². The standard InChI is InChI=1S/C15H23N3/c1-5-12(3)16-10-14-8-7-9-15(18-14)11-17-13(4)6-2/h7-13H,5-6H2,1-4H3. The summed E-state index contributed by atoms with van der Waals surface area (Å²) in [6, 6.07) is 6.62. The van der Waals surface area contributed by atoms with Gasteiger partial charge in [0.1, 0.15) is 0 Å². The lowest BCUT2D eigenvalue weighted by atomic mass is 10.2. The summed E-state index contributed by atoms with van der Waals surface area (Å²) >= 11 is 0. The van der Waals surface area contributed by atoms with Crippen molar-refractivity contribution in [3.8, 4) is 0 Å². The van der Waals surface area contributed by atoms with Gasteiger partial charge in [0.2, 0.25) is 0 Å². The summed E-state index contributed by atoms with van der Waals surface area (Å²) in [7, 11) is 0. The number of hydrogen-bond acceptors (Lipinski definition) is 3. The van der Waals surface area contributed by atoms with Gasteiger partial charge in [-0.25, -0.2) is 4.98 Å². The lowest BCUT2D eigenvalue weighted by Crippen LogP contribution is -2.00. The Balaban J connectivity index is 2.73. The van der Waals surface area contributed by atoms with Crippen LogP contribution in [0.5, 0.6) is 0 Å². The van der Waals surface area contributed by atoms with E-state index in [4.69, 9.17) is 0 Å². The molecule has 0 N–H and O–H groups in total. The van der Waals surface area contributed by atoms with Crippen LogP contribution in [0.2, 0.25) is 0 Å². The van der Waals surface area contributed by atoms with Gasteiger partial charge in [0.25, 0.3) is 0 Å². The highest BCUT2D eigenvalue weighted by Crippen LogP contribution is 2.00. The highest BCUT2D eigenvalue weighted by atomic mass is 14.8. The summed E-state index contributed by atoms with van der Waals surface area (Å²) < 4.78 is 0. The molecule has 0 radical (unpaired) electrons. The molecule has 1 aromatic rings. The quantitative estimate of drug-likeness (QED) is 0.707. The molecule has 3 nitrogen and oxygen atoms in total. The number of aliphatic imine (C=N–C) groups is 2. The second-order valence-electron chi connectivity index (χ2n) is 4.56. The molecular formula is C15H23N3. The van der Waals surface area contributed by atoms with Crippen LogP contribution in [0.4, 0.5) is 0 Å². The molecule has 0 saturated carbocycles. The van der Waals surface area contributed by atoms with Gasteiger partial charge in [0, 0.05) is 24.5 Å². The zero-order valence-corrected chi connectivity index (χ0v) is 11.8. The van der Waals surface area contributed by atoms with E-state index in [1.165, 1.54) is 0 Å². The van der Waals surface area contributed by atoms with Crippen molar-refractivity contribution < 1.29 is 0 Å². The van der Waals surface area contributed by atoms with Gasteiger partial charge >= 0.3 is 0 Å². The maximum Gasteiger partial charge on any atom is 0.0815 e. The van der Waals surface area contributed by atoms with Crippen LogP contribution in [0.15, 0.2) is 28.2 Å². The van der Waals surface area contributed by atoms with Gasteiger partial charge in [0.05, 0.1) is 11.4 Å². The number of hydrogen-bond donors (Lipinski definition) is 0. The van der Waals surface area contributed by atoms with Crippen molar-refractivity contribution >= 4 is 12.4 Å². The molecule has 0 aliphatic heterocycles. The van der Waals surface area contributed by atoms with Crippen LogP contribution in [0.3, 0.4) is 0 Å². The Labute approximate surface area is 110 Å². The molecule has 0 bridgehead atoms. The second kappa shape index (κ2) is 7.75. The molecule has 1 aromatic heterocycles. The van der Waals surface area contributed by atoms with Crippen molar-refractivity contribution in [1.29, 1.82) is 0 Å². The average Bonchev–Trinajstić information content (AvgIpc) is 2.42. The highest BCUT2D eigenvalue weighted by molar-refractivity contribution is 5.81. The molecule has 2 atom stereocenters. The fourth-order valence-corrected chi connectivity index (χ4v) is 1.23. The van der Waals surface area contributed by atoms with Gasteiger partial charge in [-0.05, 0) is 38.8 Å². The number of rotatable bonds is 6. The van der Waals surface area contributed by atoms with Crippen molar-refractivity contribution in [2.24, 2.45) is 9.98 Å². The van der Waals surface area contributed by atoms with E-state index in [1.807, 2.05) is 30.6 Å². The van der Waals surface area contributed by atoms with E-state index < -0.39 is 0 Å². The van der Waals surface area contributed by atoms with Gasteiger partial charge in [-0.15, -0.1) is 0 Å². The summed E-state index contributed by atoms with van der Waals surface area (Å²) in [6.45, 7) is 8.46. The Hall–Kier alpha value is -1.51. The van der Waals surface area contributed by atoms with E-state index in [0.29, 0.717) is 12.1 Å². The van der Waals surface area contributed by atoms with E-state index in [1.54, 1.807) is 0 Å². The summed E-state index contributed by atoms with van der Waals surface area (Å²) in [6.07, 6.45) is 5.78. The molecule has 18 heavy (non-hydrogen) atoms. The fourth-order valence-electron chi connectivity index (χ4n) is 1.23. The maximum atomic E-state index is 4.49. The molecule has 0 amide bonds. The Morgan fingerprint density at radius 3 is 1.83 bits per heavy atom. The summed E-state index contributed by atoms with van der Waals surface area (Å²) in [5.41, 5.74) is 1.78. The molecule has 0 spiro atoms. The molecule has 0 aromatic carbocycles. The molecular weight excluding hydrogens is 222 g/mol. The van der Waals surface area contributed by atoms with Gasteiger partial charge in [0.15, 0.2) is 0 Å². The summed E-state index contributed by atoms with van der Waals surface area (Å²) in [5.74, 6) is 0. The molecule has 0 saturated heterocycles. The first-order valence-corrected chi connectivity index (χ1v) is 6.69. The Morgan fingerprint density at radius 1 is 1.00 bits per heavy atom. The van der Waals surface area contributed by atoms with Crippen molar-refractivity contribution in [2.75, 3.05) is 0 Å². The minimum atomic E-state index is 0.351. The first-order chi connectivity index (χ1) is 8.65. The number of pyridine rings is 1.